The molecule has 2 fully saturated rings. The van der Waals surface area contributed by atoms with Gasteiger partial charge in [0.1, 0.15) is 6.10 Å². The molecule has 1 aromatic carbocycles. The number of amides is 1. The number of guanidine groups is 1. The molecule has 2 saturated heterocycles. The summed E-state index contributed by atoms with van der Waals surface area (Å²) in [6.07, 6.45) is 3.32. The normalized spacial score (nSPS) is 25.6. The first-order valence-corrected chi connectivity index (χ1v) is 9.83. The third-order valence-corrected chi connectivity index (χ3v) is 5.57. The zero-order valence-corrected chi connectivity index (χ0v) is 15.9. The molecule has 7 nitrogen and oxygen atoms in total. The van der Waals surface area contributed by atoms with E-state index in [0.717, 1.165) is 57.2 Å². The van der Waals surface area contributed by atoms with Crippen LogP contribution in [0.3, 0.4) is 0 Å². The minimum absolute atomic E-state index is 0.0703. The summed E-state index contributed by atoms with van der Waals surface area (Å²) in [6, 6.07) is 8.11. The first kappa shape index (κ1) is 18.3. The summed E-state index contributed by atoms with van der Waals surface area (Å²) in [7, 11) is 1.76. The maximum atomic E-state index is 12.7. The lowest BCUT2D eigenvalue weighted by molar-refractivity contribution is -0.117. The monoisotopic (exact) mass is 372 g/mol. The van der Waals surface area contributed by atoms with Gasteiger partial charge in [-0.15, -0.1) is 0 Å². The Morgan fingerprint density at radius 1 is 1.22 bits per heavy atom. The van der Waals surface area contributed by atoms with E-state index in [0.29, 0.717) is 6.61 Å². The molecule has 2 atom stereocenters. The van der Waals surface area contributed by atoms with Crippen LogP contribution in [0.1, 0.15) is 18.4 Å². The molecule has 0 radical (unpaired) electrons. The number of carbonyl (C=O) groups is 1. The molecule has 1 N–H and O–H groups in total. The average Bonchev–Trinajstić information content (AvgIpc) is 3.38. The number of fused-ring (bicyclic) bond motifs is 1. The summed E-state index contributed by atoms with van der Waals surface area (Å²) >= 11 is 0. The molecule has 0 saturated carbocycles. The van der Waals surface area contributed by atoms with Crippen LogP contribution < -0.4 is 10.2 Å². The number of hydrogen-bond donors (Lipinski definition) is 1. The van der Waals surface area contributed by atoms with Gasteiger partial charge in [-0.25, -0.2) is 0 Å². The summed E-state index contributed by atoms with van der Waals surface area (Å²) in [5.74, 6) is 0.826. The maximum Gasteiger partial charge on any atom is 0.246 e. The van der Waals surface area contributed by atoms with Crippen LogP contribution in [0, 0.1) is 0 Å². The Balaban J connectivity index is 1.33. The number of morpholine rings is 1. The maximum absolute atomic E-state index is 12.7. The molecule has 146 valence electrons. The van der Waals surface area contributed by atoms with Gasteiger partial charge in [0.2, 0.25) is 5.91 Å². The van der Waals surface area contributed by atoms with E-state index in [9.17, 15) is 4.79 Å². The summed E-state index contributed by atoms with van der Waals surface area (Å²) in [5, 5.41) is 3.25. The van der Waals surface area contributed by atoms with Gasteiger partial charge < -0.3 is 24.6 Å². The fourth-order valence-electron chi connectivity index (χ4n) is 4.17. The number of nitrogens with zero attached hydrogens (tertiary/aromatic N) is 3. The summed E-state index contributed by atoms with van der Waals surface area (Å²) in [5.41, 5.74) is 2.27. The Bertz CT molecular complexity index is 702. The number of anilines is 1. The van der Waals surface area contributed by atoms with Crippen LogP contribution >= 0.6 is 0 Å². The number of para-hydroxylation sites is 1. The van der Waals surface area contributed by atoms with E-state index >= 15 is 0 Å². The fourth-order valence-corrected chi connectivity index (χ4v) is 4.17. The van der Waals surface area contributed by atoms with E-state index in [2.05, 4.69) is 21.3 Å². The zero-order chi connectivity index (χ0) is 18.6. The van der Waals surface area contributed by atoms with Crippen molar-refractivity contribution in [1.82, 2.24) is 10.2 Å². The molecular weight excluding hydrogens is 344 g/mol. The Labute approximate surface area is 160 Å². The number of nitrogens with one attached hydrogen (secondary N) is 1. The smallest absolute Gasteiger partial charge is 0.246 e. The van der Waals surface area contributed by atoms with Gasteiger partial charge in [-0.05, 0) is 30.9 Å². The number of ether oxygens (including phenoxy) is 2. The second kappa shape index (κ2) is 8.27. The van der Waals surface area contributed by atoms with Crippen molar-refractivity contribution < 1.29 is 14.3 Å². The van der Waals surface area contributed by atoms with Crippen LogP contribution in [0.4, 0.5) is 5.69 Å². The molecule has 0 spiro atoms. The van der Waals surface area contributed by atoms with Crippen molar-refractivity contribution in [3.05, 3.63) is 29.8 Å². The van der Waals surface area contributed by atoms with Gasteiger partial charge in [-0.3, -0.25) is 9.79 Å². The van der Waals surface area contributed by atoms with E-state index < -0.39 is 0 Å². The molecule has 1 amide bonds. The highest BCUT2D eigenvalue weighted by Gasteiger charge is 2.32. The second-order valence-electron chi connectivity index (χ2n) is 7.23. The van der Waals surface area contributed by atoms with Crippen molar-refractivity contribution in [2.24, 2.45) is 4.99 Å². The minimum Gasteiger partial charge on any atom is -0.375 e. The van der Waals surface area contributed by atoms with Crippen LogP contribution in [0.2, 0.25) is 0 Å². The standard InChI is InChI=1S/C20H28N4O3/c1-21-20(23-10-12-27-18(14-23)17-7-4-11-26-17)22-13-19(25)24-9-8-15-5-2-3-6-16(15)24/h2-3,5-6,17-18H,4,7-14H2,1H3,(H,21,22). The number of aliphatic imine (C=N–C) groups is 1. The highest BCUT2D eigenvalue weighted by atomic mass is 16.5. The van der Waals surface area contributed by atoms with E-state index in [4.69, 9.17) is 9.47 Å². The lowest BCUT2D eigenvalue weighted by atomic mass is 10.1. The van der Waals surface area contributed by atoms with Gasteiger partial charge in [-0.1, -0.05) is 18.2 Å². The average molecular weight is 372 g/mol. The molecular formula is C20H28N4O3. The van der Waals surface area contributed by atoms with Gasteiger partial charge in [-0.2, -0.15) is 0 Å². The molecule has 3 aliphatic rings. The molecule has 4 rings (SSSR count). The van der Waals surface area contributed by atoms with Crippen LogP contribution in [0.5, 0.6) is 0 Å². The Kier molecular flexibility index (Phi) is 5.59. The predicted octanol–water partition coefficient (Wildman–Crippen LogP) is 1.03. The largest absolute Gasteiger partial charge is 0.375 e. The molecule has 27 heavy (non-hydrogen) atoms. The molecule has 0 aromatic heterocycles. The van der Waals surface area contributed by atoms with Gasteiger partial charge >= 0.3 is 0 Å². The lowest BCUT2D eigenvalue weighted by Crippen LogP contribution is -2.54. The highest BCUT2D eigenvalue weighted by molar-refractivity contribution is 5.98. The van der Waals surface area contributed by atoms with E-state index in [1.54, 1.807) is 7.05 Å². The van der Waals surface area contributed by atoms with Crippen LogP contribution in [0.15, 0.2) is 29.3 Å². The van der Waals surface area contributed by atoms with Gasteiger partial charge in [0, 0.05) is 39.0 Å². The summed E-state index contributed by atoms with van der Waals surface area (Å²) < 4.78 is 11.7. The minimum atomic E-state index is 0.0703. The number of rotatable bonds is 3. The van der Waals surface area contributed by atoms with E-state index in [-0.39, 0.29) is 24.7 Å². The van der Waals surface area contributed by atoms with Crippen molar-refractivity contribution in [3.8, 4) is 0 Å². The lowest BCUT2D eigenvalue weighted by Gasteiger charge is -2.37. The quantitative estimate of drug-likeness (QED) is 0.634. The van der Waals surface area contributed by atoms with Crippen LogP contribution in [-0.2, 0) is 20.7 Å². The zero-order valence-electron chi connectivity index (χ0n) is 15.9. The Hall–Kier alpha value is -2.12. The van der Waals surface area contributed by atoms with Crippen molar-refractivity contribution in [1.29, 1.82) is 0 Å². The molecule has 7 heteroatoms. The van der Waals surface area contributed by atoms with E-state index in [1.165, 1.54) is 5.56 Å². The first-order valence-electron chi connectivity index (χ1n) is 9.83. The van der Waals surface area contributed by atoms with Crippen LogP contribution in [-0.4, -0.2) is 75.4 Å². The van der Waals surface area contributed by atoms with Gasteiger partial charge in [0.15, 0.2) is 5.96 Å². The SMILES string of the molecule is CN=C(NCC(=O)N1CCc2ccccc21)N1CCOC(C2CCCO2)C1. The molecule has 0 bridgehead atoms. The second-order valence-corrected chi connectivity index (χ2v) is 7.23. The van der Waals surface area contributed by atoms with Crippen molar-refractivity contribution >= 4 is 17.6 Å². The fraction of sp³-hybridized carbons (Fsp3) is 0.600. The topological polar surface area (TPSA) is 66.4 Å². The summed E-state index contributed by atoms with van der Waals surface area (Å²) in [4.78, 5) is 21.1. The molecule has 1 aromatic rings. The Morgan fingerprint density at radius 3 is 2.89 bits per heavy atom. The van der Waals surface area contributed by atoms with E-state index in [1.807, 2.05) is 23.1 Å². The van der Waals surface area contributed by atoms with Gasteiger partial charge in [0.25, 0.3) is 0 Å². The third-order valence-electron chi connectivity index (χ3n) is 5.57. The molecule has 3 heterocycles. The van der Waals surface area contributed by atoms with Crippen LogP contribution in [0.25, 0.3) is 0 Å². The predicted molar refractivity (Wildman–Crippen MR) is 104 cm³/mol. The van der Waals surface area contributed by atoms with Crippen molar-refractivity contribution in [2.45, 2.75) is 31.5 Å². The molecule has 3 aliphatic heterocycles. The summed E-state index contributed by atoms with van der Waals surface area (Å²) in [6.45, 7) is 3.97. The van der Waals surface area contributed by atoms with Crippen molar-refractivity contribution in [3.63, 3.8) is 0 Å². The van der Waals surface area contributed by atoms with Gasteiger partial charge in [0.05, 0.1) is 19.3 Å². The third kappa shape index (κ3) is 3.94. The molecule has 2 unspecified atom stereocenters. The first-order chi connectivity index (χ1) is 13.3. The Morgan fingerprint density at radius 2 is 2.07 bits per heavy atom. The number of benzene rings is 1. The highest BCUT2D eigenvalue weighted by Crippen LogP contribution is 2.27. The number of hydrogen-bond acceptors (Lipinski definition) is 4. The molecule has 0 aliphatic carbocycles. The van der Waals surface area contributed by atoms with Crippen molar-refractivity contribution in [2.75, 3.05) is 51.3 Å². The number of carbonyl (C=O) groups excluding carboxylic acids is 1.